The molecule has 0 aromatic carbocycles. The second-order valence-corrected chi connectivity index (χ2v) is 6.17. The van der Waals surface area contributed by atoms with Crippen molar-refractivity contribution < 1.29 is 19.1 Å². The van der Waals surface area contributed by atoms with E-state index in [1.807, 2.05) is 36.6 Å². The maximum Gasteiger partial charge on any atom is 0.355 e. The molecule has 0 saturated carbocycles. The van der Waals surface area contributed by atoms with E-state index in [9.17, 15) is 14.4 Å². The van der Waals surface area contributed by atoms with Gasteiger partial charge < -0.3 is 14.3 Å². The Labute approximate surface area is 156 Å². The molecule has 0 amide bonds. The van der Waals surface area contributed by atoms with Gasteiger partial charge in [0.2, 0.25) is 5.78 Å². The summed E-state index contributed by atoms with van der Waals surface area (Å²) in [4.78, 5) is 42.9. The summed E-state index contributed by atoms with van der Waals surface area (Å²) < 4.78 is 6.97. The van der Waals surface area contributed by atoms with Crippen molar-refractivity contribution in [3.8, 4) is 5.82 Å². The minimum absolute atomic E-state index is 0.131. The minimum atomic E-state index is -0.686. The molecule has 7 heteroatoms. The first-order valence-electron chi connectivity index (χ1n) is 8.38. The number of carbonyl (C=O) groups is 3. The maximum absolute atomic E-state index is 12.5. The zero-order valence-corrected chi connectivity index (χ0v) is 15.3. The number of carbonyl (C=O) groups excluding carboxylic acids is 3. The Morgan fingerprint density at radius 2 is 1.96 bits per heavy atom. The lowest BCUT2D eigenvalue weighted by Crippen LogP contribution is -2.15. The fourth-order valence-electron chi connectivity index (χ4n) is 2.89. The number of nitrogens with one attached hydrogen (secondary N) is 1. The quantitative estimate of drug-likeness (QED) is 0.535. The Morgan fingerprint density at radius 1 is 1.19 bits per heavy atom. The van der Waals surface area contributed by atoms with Crippen LogP contribution in [0, 0.1) is 13.8 Å². The molecule has 3 aromatic heterocycles. The molecule has 0 saturated heterocycles. The molecule has 0 aliphatic heterocycles. The van der Waals surface area contributed by atoms with E-state index in [1.54, 1.807) is 12.3 Å². The first-order valence-corrected chi connectivity index (χ1v) is 8.38. The largest absolute Gasteiger partial charge is 0.453 e. The molecule has 0 radical (unpaired) electrons. The lowest BCUT2D eigenvalue weighted by atomic mass is 10.1. The van der Waals surface area contributed by atoms with Crippen LogP contribution in [0.3, 0.4) is 0 Å². The van der Waals surface area contributed by atoms with Crippen LogP contribution in [0.15, 0.2) is 42.7 Å². The summed E-state index contributed by atoms with van der Waals surface area (Å²) in [5.41, 5.74) is 2.57. The van der Waals surface area contributed by atoms with E-state index in [0.29, 0.717) is 16.9 Å². The van der Waals surface area contributed by atoms with Gasteiger partial charge in [-0.05, 0) is 45.0 Å². The molecule has 1 N–H and O–H groups in total. The Hall–Kier alpha value is -3.48. The van der Waals surface area contributed by atoms with Crippen LogP contribution in [0.5, 0.6) is 0 Å². The molecule has 0 spiro atoms. The van der Waals surface area contributed by atoms with Crippen LogP contribution in [0.4, 0.5) is 0 Å². The summed E-state index contributed by atoms with van der Waals surface area (Å²) in [6.07, 6.45) is 3.12. The summed E-state index contributed by atoms with van der Waals surface area (Å²) in [6, 6.07) is 8.70. The summed E-state index contributed by atoms with van der Waals surface area (Å²) in [5.74, 6) is -0.443. The van der Waals surface area contributed by atoms with Gasteiger partial charge in [0, 0.05) is 34.9 Å². The van der Waals surface area contributed by atoms with Crippen molar-refractivity contribution in [2.75, 3.05) is 6.61 Å². The molecular weight excluding hydrogens is 346 g/mol. The van der Waals surface area contributed by atoms with Gasteiger partial charge in [0.05, 0.1) is 0 Å². The number of aryl methyl sites for hydroxylation is 1. The van der Waals surface area contributed by atoms with Crippen molar-refractivity contribution >= 4 is 17.5 Å². The molecule has 0 unspecified atom stereocenters. The molecule has 0 aliphatic rings. The molecule has 138 valence electrons. The van der Waals surface area contributed by atoms with E-state index in [-0.39, 0.29) is 23.9 Å². The molecule has 0 atom stereocenters. The summed E-state index contributed by atoms with van der Waals surface area (Å²) in [6.45, 7) is 4.71. The van der Waals surface area contributed by atoms with Crippen LogP contribution in [-0.2, 0) is 4.74 Å². The van der Waals surface area contributed by atoms with Gasteiger partial charge in [-0.2, -0.15) is 0 Å². The van der Waals surface area contributed by atoms with Gasteiger partial charge in [0.1, 0.15) is 11.5 Å². The van der Waals surface area contributed by atoms with Gasteiger partial charge in [-0.1, -0.05) is 6.07 Å². The van der Waals surface area contributed by atoms with E-state index < -0.39 is 5.97 Å². The van der Waals surface area contributed by atoms with Crippen molar-refractivity contribution in [3.63, 3.8) is 0 Å². The number of esters is 1. The first-order chi connectivity index (χ1) is 12.9. The van der Waals surface area contributed by atoms with Crippen molar-refractivity contribution in [1.29, 1.82) is 0 Å². The standard InChI is InChI=1S/C20H19N3O4/c1-12-8-16(13(2)23(12)19-6-4-5-7-21-19)18(25)11-27-20(26)17-9-15(10-22-17)14(3)24/h4-10,22H,11H2,1-3H3. The number of hydrogen-bond acceptors (Lipinski definition) is 5. The molecule has 7 nitrogen and oxygen atoms in total. The van der Waals surface area contributed by atoms with Crippen LogP contribution in [-0.4, -0.2) is 38.7 Å². The SMILES string of the molecule is CC(=O)c1c[nH]c(C(=O)OCC(=O)c2cc(C)n(-c3ccccn3)c2C)c1. The number of aromatic amines is 1. The third kappa shape index (κ3) is 3.72. The topological polar surface area (TPSA) is 94.0 Å². The van der Waals surface area contributed by atoms with E-state index in [4.69, 9.17) is 4.74 Å². The lowest BCUT2D eigenvalue weighted by Gasteiger charge is -2.08. The molecule has 0 bridgehead atoms. The average molecular weight is 365 g/mol. The van der Waals surface area contributed by atoms with Gasteiger partial charge in [-0.25, -0.2) is 9.78 Å². The molecular formula is C20H19N3O4. The highest BCUT2D eigenvalue weighted by atomic mass is 16.5. The monoisotopic (exact) mass is 365 g/mol. The second kappa shape index (κ2) is 7.41. The Morgan fingerprint density at radius 3 is 2.59 bits per heavy atom. The summed E-state index contributed by atoms with van der Waals surface area (Å²) >= 11 is 0. The van der Waals surface area contributed by atoms with Crippen LogP contribution in [0.25, 0.3) is 5.82 Å². The van der Waals surface area contributed by atoms with Gasteiger partial charge in [-0.15, -0.1) is 0 Å². The number of ether oxygens (including phenoxy) is 1. The molecule has 3 aromatic rings. The molecule has 3 heterocycles. The Balaban J connectivity index is 1.73. The number of nitrogens with zero attached hydrogens (tertiary/aromatic N) is 2. The molecule has 0 fully saturated rings. The average Bonchev–Trinajstić information content (AvgIpc) is 3.25. The third-order valence-electron chi connectivity index (χ3n) is 4.25. The van der Waals surface area contributed by atoms with Crippen LogP contribution >= 0.6 is 0 Å². The fraction of sp³-hybridized carbons (Fsp3) is 0.200. The third-order valence-corrected chi connectivity index (χ3v) is 4.25. The van der Waals surface area contributed by atoms with Crippen LogP contribution < -0.4 is 0 Å². The van der Waals surface area contributed by atoms with Crippen LogP contribution in [0.1, 0.15) is 49.5 Å². The predicted octanol–water partition coefficient (Wildman–Crippen LogP) is 3.06. The molecule has 0 aliphatic carbocycles. The Bertz CT molecular complexity index is 1020. The van der Waals surface area contributed by atoms with Crippen molar-refractivity contribution in [2.24, 2.45) is 0 Å². The van der Waals surface area contributed by atoms with E-state index in [1.165, 1.54) is 19.2 Å². The predicted molar refractivity (Wildman–Crippen MR) is 98.4 cm³/mol. The number of Topliss-reactive ketones (excluding diaryl/α,β-unsaturated/α-hetero) is 2. The van der Waals surface area contributed by atoms with Crippen molar-refractivity contribution in [3.05, 3.63) is 70.9 Å². The van der Waals surface area contributed by atoms with E-state index >= 15 is 0 Å². The maximum atomic E-state index is 12.5. The molecule has 27 heavy (non-hydrogen) atoms. The number of ketones is 2. The zero-order valence-electron chi connectivity index (χ0n) is 15.3. The Kier molecular flexibility index (Phi) is 5.03. The smallest absolute Gasteiger partial charge is 0.355 e. The summed E-state index contributed by atoms with van der Waals surface area (Å²) in [7, 11) is 0. The van der Waals surface area contributed by atoms with E-state index in [2.05, 4.69) is 9.97 Å². The number of rotatable bonds is 6. The second-order valence-electron chi connectivity index (χ2n) is 6.17. The first kappa shape index (κ1) is 18.3. The van der Waals surface area contributed by atoms with Gasteiger partial charge in [0.25, 0.3) is 0 Å². The summed E-state index contributed by atoms with van der Waals surface area (Å²) in [5, 5.41) is 0. The van der Waals surface area contributed by atoms with Crippen molar-refractivity contribution in [2.45, 2.75) is 20.8 Å². The van der Waals surface area contributed by atoms with Gasteiger partial charge >= 0.3 is 5.97 Å². The fourth-order valence-corrected chi connectivity index (χ4v) is 2.89. The minimum Gasteiger partial charge on any atom is -0.453 e. The normalized spacial score (nSPS) is 10.6. The highest BCUT2D eigenvalue weighted by molar-refractivity contribution is 6.01. The number of pyridine rings is 1. The highest BCUT2D eigenvalue weighted by Crippen LogP contribution is 2.20. The van der Waals surface area contributed by atoms with Gasteiger partial charge in [0.15, 0.2) is 12.4 Å². The number of aromatic nitrogens is 3. The van der Waals surface area contributed by atoms with Crippen LogP contribution in [0.2, 0.25) is 0 Å². The highest BCUT2D eigenvalue weighted by Gasteiger charge is 2.19. The molecule has 3 rings (SSSR count). The number of H-pyrrole nitrogens is 1. The van der Waals surface area contributed by atoms with Gasteiger partial charge in [-0.3, -0.25) is 9.59 Å². The van der Waals surface area contributed by atoms with E-state index in [0.717, 1.165) is 11.4 Å². The zero-order chi connectivity index (χ0) is 19.6. The lowest BCUT2D eigenvalue weighted by molar-refractivity contribution is 0.0469. The van der Waals surface area contributed by atoms with Crippen molar-refractivity contribution in [1.82, 2.24) is 14.5 Å². The number of hydrogen-bond donors (Lipinski definition) is 1.